The number of likely N-dealkylation sites (tertiary alicyclic amines) is 1. The van der Waals surface area contributed by atoms with Gasteiger partial charge in [-0.1, -0.05) is 13.8 Å². The number of aliphatic hydroxyl groups is 1. The van der Waals surface area contributed by atoms with Gasteiger partial charge in [-0.05, 0) is 44.1 Å². The second kappa shape index (κ2) is 6.99. The van der Waals surface area contributed by atoms with E-state index in [0.29, 0.717) is 6.04 Å². The van der Waals surface area contributed by atoms with Crippen LogP contribution in [0.3, 0.4) is 0 Å². The number of aliphatic hydroxyl groups excluding tert-OH is 1. The fraction of sp³-hybridized carbons (Fsp3) is 0.611. The third kappa shape index (κ3) is 4.31. The Bertz CT molecular complexity index is 629. The second-order valence-electron chi connectivity index (χ2n) is 7.47. The summed E-state index contributed by atoms with van der Waals surface area (Å²) in [5.74, 6) is 0. The molecule has 126 valence electrons. The maximum Gasteiger partial charge on any atom is 0.137 e. The van der Waals surface area contributed by atoms with E-state index in [4.69, 9.17) is 0 Å². The molecular formula is C18H28N4O. The van der Waals surface area contributed by atoms with Crippen molar-refractivity contribution in [2.45, 2.75) is 39.3 Å². The number of aromatic nitrogens is 2. The summed E-state index contributed by atoms with van der Waals surface area (Å²) >= 11 is 0. The summed E-state index contributed by atoms with van der Waals surface area (Å²) in [5, 5.41) is 14.2. The summed E-state index contributed by atoms with van der Waals surface area (Å²) in [6.45, 7) is 8.50. The topological polar surface area (TPSA) is 64.2 Å². The number of H-pyrrole nitrogens is 1. The summed E-state index contributed by atoms with van der Waals surface area (Å²) in [4.78, 5) is 10.3. The summed E-state index contributed by atoms with van der Waals surface area (Å²) in [7, 11) is 0. The third-order valence-corrected chi connectivity index (χ3v) is 4.71. The van der Waals surface area contributed by atoms with Crippen molar-refractivity contribution in [3.63, 3.8) is 0 Å². The van der Waals surface area contributed by atoms with Gasteiger partial charge in [-0.3, -0.25) is 0 Å². The van der Waals surface area contributed by atoms with Crippen LogP contribution in [0.5, 0.6) is 0 Å². The van der Waals surface area contributed by atoms with Crippen molar-refractivity contribution in [1.82, 2.24) is 20.2 Å². The largest absolute Gasteiger partial charge is 0.396 e. The minimum absolute atomic E-state index is 0.00433. The van der Waals surface area contributed by atoms with Gasteiger partial charge in [0, 0.05) is 42.7 Å². The lowest BCUT2D eigenvalue weighted by Gasteiger charge is -2.36. The molecule has 5 heteroatoms. The van der Waals surface area contributed by atoms with Gasteiger partial charge in [0.1, 0.15) is 5.65 Å². The Balaban J connectivity index is 1.45. The third-order valence-electron chi connectivity index (χ3n) is 4.71. The highest BCUT2D eigenvalue weighted by Crippen LogP contribution is 2.19. The van der Waals surface area contributed by atoms with Gasteiger partial charge in [-0.15, -0.1) is 0 Å². The molecule has 0 amide bonds. The van der Waals surface area contributed by atoms with Crippen LogP contribution < -0.4 is 5.32 Å². The molecule has 5 nitrogen and oxygen atoms in total. The molecule has 0 bridgehead atoms. The predicted octanol–water partition coefficient (Wildman–Crippen LogP) is 2.14. The Labute approximate surface area is 138 Å². The molecule has 1 aliphatic heterocycles. The molecule has 0 radical (unpaired) electrons. The van der Waals surface area contributed by atoms with E-state index >= 15 is 0 Å². The zero-order valence-corrected chi connectivity index (χ0v) is 14.2. The average Bonchev–Trinajstić information content (AvgIpc) is 3.01. The van der Waals surface area contributed by atoms with Crippen LogP contribution in [0.15, 0.2) is 24.4 Å². The summed E-state index contributed by atoms with van der Waals surface area (Å²) in [6, 6.07) is 6.82. The van der Waals surface area contributed by atoms with Crippen LogP contribution in [0.4, 0.5) is 0 Å². The summed E-state index contributed by atoms with van der Waals surface area (Å²) in [6.07, 6.45) is 4.25. The van der Waals surface area contributed by atoms with Gasteiger partial charge < -0.3 is 20.3 Å². The van der Waals surface area contributed by atoms with Crippen LogP contribution in [0, 0.1) is 5.41 Å². The number of pyridine rings is 1. The van der Waals surface area contributed by atoms with Crippen LogP contribution in [0.25, 0.3) is 11.0 Å². The molecule has 1 saturated heterocycles. The van der Waals surface area contributed by atoms with E-state index in [-0.39, 0.29) is 12.0 Å². The first kappa shape index (κ1) is 16.4. The molecule has 1 aliphatic rings. The first-order valence-electron chi connectivity index (χ1n) is 8.55. The molecule has 0 aliphatic carbocycles. The van der Waals surface area contributed by atoms with Crippen LogP contribution in [0.2, 0.25) is 0 Å². The zero-order valence-electron chi connectivity index (χ0n) is 14.2. The number of nitrogens with one attached hydrogen (secondary N) is 2. The molecule has 0 unspecified atom stereocenters. The molecular weight excluding hydrogens is 288 g/mol. The molecule has 2 aromatic rings. The van der Waals surface area contributed by atoms with E-state index in [1.54, 1.807) is 0 Å². The van der Waals surface area contributed by atoms with Gasteiger partial charge in [0.05, 0.1) is 5.69 Å². The minimum atomic E-state index is -0.00433. The Morgan fingerprint density at radius 2 is 2.09 bits per heavy atom. The highest BCUT2D eigenvalue weighted by molar-refractivity contribution is 5.75. The lowest BCUT2D eigenvalue weighted by molar-refractivity contribution is 0.0857. The van der Waals surface area contributed by atoms with Crippen molar-refractivity contribution in [2.75, 3.05) is 26.2 Å². The van der Waals surface area contributed by atoms with Gasteiger partial charge in [-0.25, -0.2) is 4.98 Å². The van der Waals surface area contributed by atoms with Gasteiger partial charge in [0.2, 0.25) is 0 Å². The average molecular weight is 316 g/mol. The number of hydrogen-bond donors (Lipinski definition) is 3. The van der Waals surface area contributed by atoms with Crippen molar-refractivity contribution < 1.29 is 5.11 Å². The summed E-state index contributed by atoms with van der Waals surface area (Å²) in [5.41, 5.74) is 2.05. The van der Waals surface area contributed by atoms with Crippen LogP contribution in [-0.4, -0.2) is 52.3 Å². The Morgan fingerprint density at radius 1 is 1.30 bits per heavy atom. The fourth-order valence-corrected chi connectivity index (χ4v) is 3.27. The zero-order chi connectivity index (χ0) is 16.3. The second-order valence-corrected chi connectivity index (χ2v) is 7.47. The van der Waals surface area contributed by atoms with E-state index in [0.717, 1.165) is 55.7 Å². The van der Waals surface area contributed by atoms with Crippen molar-refractivity contribution >= 4 is 11.0 Å². The fourth-order valence-electron chi connectivity index (χ4n) is 3.27. The molecule has 0 atom stereocenters. The maximum atomic E-state index is 9.40. The highest BCUT2D eigenvalue weighted by Gasteiger charge is 2.25. The van der Waals surface area contributed by atoms with Crippen molar-refractivity contribution in [3.8, 4) is 0 Å². The minimum Gasteiger partial charge on any atom is -0.396 e. The molecule has 23 heavy (non-hydrogen) atoms. The molecule has 0 aromatic carbocycles. The van der Waals surface area contributed by atoms with Crippen LogP contribution in [-0.2, 0) is 6.54 Å². The molecule has 3 heterocycles. The quantitative estimate of drug-likeness (QED) is 0.764. The lowest BCUT2D eigenvalue weighted by atomic mass is 9.92. The SMILES string of the molecule is CC(C)(CO)CN1CCC(NCc2ccc3cc[nH]c3n2)CC1. The first-order valence-corrected chi connectivity index (χ1v) is 8.55. The van der Waals surface area contributed by atoms with Crippen molar-refractivity contribution in [3.05, 3.63) is 30.1 Å². The monoisotopic (exact) mass is 316 g/mol. The Hall–Kier alpha value is -1.43. The van der Waals surface area contributed by atoms with E-state index in [9.17, 15) is 5.11 Å². The highest BCUT2D eigenvalue weighted by atomic mass is 16.3. The van der Waals surface area contributed by atoms with Gasteiger partial charge in [0.15, 0.2) is 0 Å². The van der Waals surface area contributed by atoms with Gasteiger partial charge >= 0.3 is 0 Å². The van der Waals surface area contributed by atoms with Crippen LogP contribution >= 0.6 is 0 Å². The smallest absolute Gasteiger partial charge is 0.137 e. The molecule has 0 spiro atoms. The molecule has 1 fully saturated rings. The van der Waals surface area contributed by atoms with Gasteiger partial charge in [0.25, 0.3) is 0 Å². The maximum absolute atomic E-state index is 9.40. The Kier molecular flexibility index (Phi) is 4.99. The molecule has 0 saturated carbocycles. The standard InChI is InChI=1S/C18H28N4O/c1-18(2,13-23)12-22-9-6-15(7-10-22)20-11-16-4-3-14-5-8-19-17(14)21-16/h3-5,8,15,20,23H,6-7,9-13H2,1-2H3,(H,19,21). The number of rotatable bonds is 6. The van der Waals surface area contributed by atoms with Crippen molar-refractivity contribution in [2.24, 2.45) is 5.41 Å². The van der Waals surface area contributed by atoms with E-state index in [1.807, 2.05) is 12.3 Å². The number of nitrogens with zero attached hydrogens (tertiary/aromatic N) is 2. The molecule has 3 rings (SSSR count). The number of fused-ring (bicyclic) bond motifs is 1. The van der Waals surface area contributed by atoms with Gasteiger partial charge in [-0.2, -0.15) is 0 Å². The van der Waals surface area contributed by atoms with E-state index in [1.165, 1.54) is 0 Å². The van der Waals surface area contributed by atoms with Crippen molar-refractivity contribution in [1.29, 1.82) is 0 Å². The molecule has 2 aromatic heterocycles. The number of aromatic amines is 1. The number of hydrogen-bond acceptors (Lipinski definition) is 4. The Morgan fingerprint density at radius 3 is 2.83 bits per heavy atom. The van der Waals surface area contributed by atoms with E-state index < -0.39 is 0 Å². The normalized spacial score (nSPS) is 17.9. The predicted molar refractivity (Wildman–Crippen MR) is 93.3 cm³/mol. The lowest BCUT2D eigenvalue weighted by Crippen LogP contribution is -2.46. The summed E-state index contributed by atoms with van der Waals surface area (Å²) < 4.78 is 0. The van der Waals surface area contributed by atoms with E-state index in [2.05, 4.69) is 46.2 Å². The molecule has 3 N–H and O–H groups in total. The number of piperidine rings is 1. The van der Waals surface area contributed by atoms with Crippen LogP contribution in [0.1, 0.15) is 32.4 Å². The first-order chi connectivity index (χ1) is 11.1.